The largest absolute Gasteiger partial charge is 0.339 e. The third kappa shape index (κ3) is 5.54. The summed E-state index contributed by atoms with van der Waals surface area (Å²) in [6, 6.07) is 16.0. The van der Waals surface area contributed by atoms with Crippen LogP contribution < -0.4 is 5.32 Å². The number of rotatable bonds is 5. The van der Waals surface area contributed by atoms with E-state index in [9.17, 15) is 14.0 Å². The summed E-state index contributed by atoms with van der Waals surface area (Å²) in [5.41, 5.74) is 1.87. The van der Waals surface area contributed by atoms with Gasteiger partial charge in [0.1, 0.15) is 5.82 Å². The smallest absolute Gasteiger partial charge is 0.317 e. The lowest BCUT2D eigenvalue weighted by atomic mass is 10.1. The Hall–Kier alpha value is -2.89. The first-order chi connectivity index (χ1) is 13.1. The van der Waals surface area contributed by atoms with Crippen LogP contribution in [0.5, 0.6) is 0 Å². The fraction of sp³-hybridized carbons (Fsp3) is 0.333. The molecule has 1 N–H and O–H groups in total. The number of halogens is 1. The first-order valence-corrected chi connectivity index (χ1v) is 9.21. The number of hydrogen-bond donors (Lipinski definition) is 1. The standard InChI is InChI=1S/C21H24FN3O2/c22-19-8-4-7-17(15-19)9-10-20(26)24-11-13-25(14-12-24)21(27)23-16-18-5-2-1-3-6-18/h1-8,15H,9-14,16H2,(H,23,27). The van der Waals surface area contributed by atoms with Crippen LogP contribution in [-0.2, 0) is 17.8 Å². The molecule has 1 heterocycles. The molecule has 5 nitrogen and oxygen atoms in total. The second-order valence-corrected chi connectivity index (χ2v) is 6.64. The minimum atomic E-state index is -0.282. The molecule has 0 radical (unpaired) electrons. The highest BCUT2D eigenvalue weighted by Crippen LogP contribution is 2.10. The molecular weight excluding hydrogens is 345 g/mol. The van der Waals surface area contributed by atoms with E-state index in [4.69, 9.17) is 0 Å². The van der Waals surface area contributed by atoms with Crippen molar-refractivity contribution >= 4 is 11.9 Å². The Morgan fingerprint density at radius 2 is 1.56 bits per heavy atom. The number of aryl methyl sites for hydroxylation is 1. The molecule has 0 bridgehead atoms. The number of urea groups is 1. The summed E-state index contributed by atoms with van der Waals surface area (Å²) in [6.45, 7) is 2.59. The maximum atomic E-state index is 13.2. The van der Waals surface area contributed by atoms with Crippen LogP contribution in [0.4, 0.5) is 9.18 Å². The molecule has 1 aliphatic rings. The van der Waals surface area contributed by atoms with E-state index in [1.54, 1.807) is 15.9 Å². The van der Waals surface area contributed by atoms with E-state index in [1.807, 2.05) is 36.4 Å². The first-order valence-electron chi connectivity index (χ1n) is 9.21. The van der Waals surface area contributed by atoms with Gasteiger partial charge in [-0.25, -0.2) is 9.18 Å². The summed E-state index contributed by atoms with van der Waals surface area (Å²) >= 11 is 0. The summed E-state index contributed by atoms with van der Waals surface area (Å²) < 4.78 is 13.2. The Balaban J connectivity index is 1.40. The molecule has 0 aliphatic carbocycles. The van der Waals surface area contributed by atoms with Gasteiger partial charge in [-0.05, 0) is 29.7 Å². The lowest BCUT2D eigenvalue weighted by molar-refractivity contribution is -0.132. The van der Waals surface area contributed by atoms with Gasteiger partial charge in [-0.15, -0.1) is 0 Å². The van der Waals surface area contributed by atoms with Gasteiger partial charge in [-0.3, -0.25) is 4.79 Å². The molecule has 0 saturated carbocycles. The molecule has 0 atom stereocenters. The van der Waals surface area contributed by atoms with Crippen LogP contribution in [0.15, 0.2) is 54.6 Å². The number of piperazine rings is 1. The second kappa shape index (κ2) is 9.16. The van der Waals surface area contributed by atoms with Gasteiger partial charge in [-0.1, -0.05) is 42.5 Å². The average molecular weight is 369 g/mol. The van der Waals surface area contributed by atoms with Gasteiger partial charge >= 0.3 is 6.03 Å². The van der Waals surface area contributed by atoms with Crippen molar-refractivity contribution in [1.29, 1.82) is 0 Å². The number of carbonyl (C=O) groups excluding carboxylic acids is 2. The van der Waals surface area contributed by atoms with Gasteiger partial charge in [0.15, 0.2) is 0 Å². The summed E-state index contributed by atoms with van der Waals surface area (Å²) in [5.74, 6) is -0.237. The van der Waals surface area contributed by atoms with E-state index < -0.39 is 0 Å². The normalized spacial score (nSPS) is 14.1. The molecule has 1 fully saturated rings. The van der Waals surface area contributed by atoms with Crippen molar-refractivity contribution in [2.45, 2.75) is 19.4 Å². The van der Waals surface area contributed by atoms with E-state index in [2.05, 4.69) is 5.32 Å². The molecule has 1 aliphatic heterocycles. The maximum Gasteiger partial charge on any atom is 0.317 e. The number of hydrogen-bond acceptors (Lipinski definition) is 2. The molecule has 6 heteroatoms. The summed E-state index contributed by atoms with van der Waals surface area (Å²) in [4.78, 5) is 28.1. The van der Waals surface area contributed by atoms with Crippen molar-refractivity contribution in [1.82, 2.24) is 15.1 Å². The molecule has 0 aromatic heterocycles. The third-order valence-corrected chi connectivity index (χ3v) is 4.72. The van der Waals surface area contributed by atoms with E-state index >= 15 is 0 Å². The van der Waals surface area contributed by atoms with Crippen LogP contribution >= 0.6 is 0 Å². The maximum absolute atomic E-state index is 13.2. The monoisotopic (exact) mass is 369 g/mol. The predicted molar refractivity (Wildman–Crippen MR) is 102 cm³/mol. The number of carbonyl (C=O) groups is 2. The van der Waals surface area contributed by atoms with E-state index in [-0.39, 0.29) is 17.8 Å². The topological polar surface area (TPSA) is 52.7 Å². The zero-order valence-corrected chi connectivity index (χ0v) is 15.2. The summed E-state index contributed by atoms with van der Waals surface area (Å²) in [6.07, 6.45) is 0.873. The van der Waals surface area contributed by atoms with Crippen LogP contribution in [-0.4, -0.2) is 47.9 Å². The zero-order chi connectivity index (χ0) is 19.1. The quantitative estimate of drug-likeness (QED) is 0.881. The molecule has 1 saturated heterocycles. The Bertz CT molecular complexity index is 774. The van der Waals surface area contributed by atoms with Gasteiger partial charge in [0.25, 0.3) is 0 Å². The molecule has 3 amide bonds. The Labute approximate surface area is 158 Å². The lowest BCUT2D eigenvalue weighted by Gasteiger charge is -2.34. The van der Waals surface area contributed by atoms with E-state index in [1.165, 1.54) is 12.1 Å². The van der Waals surface area contributed by atoms with Gasteiger partial charge in [0.05, 0.1) is 0 Å². The van der Waals surface area contributed by atoms with Crippen molar-refractivity contribution in [3.05, 3.63) is 71.5 Å². The molecule has 3 rings (SSSR count). The highest BCUT2D eigenvalue weighted by atomic mass is 19.1. The molecular formula is C21H24FN3O2. The highest BCUT2D eigenvalue weighted by molar-refractivity contribution is 5.78. The highest BCUT2D eigenvalue weighted by Gasteiger charge is 2.23. The van der Waals surface area contributed by atoms with E-state index in [0.29, 0.717) is 45.6 Å². The number of amides is 3. The van der Waals surface area contributed by atoms with Gasteiger partial charge in [0.2, 0.25) is 5.91 Å². The van der Waals surface area contributed by atoms with Gasteiger partial charge in [-0.2, -0.15) is 0 Å². The molecule has 0 unspecified atom stereocenters. The fourth-order valence-corrected chi connectivity index (χ4v) is 3.15. The Morgan fingerprint density at radius 3 is 2.26 bits per heavy atom. The third-order valence-electron chi connectivity index (χ3n) is 4.72. The number of nitrogens with zero attached hydrogens (tertiary/aromatic N) is 2. The Kier molecular flexibility index (Phi) is 6.41. The predicted octanol–water partition coefficient (Wildman–Crippen LogP) is 2.81. The molecule has 0 spiro atoms. The van der Waals surface area contributed by atoms with Crippen LogP contribution in [0, 0.1) is 5.82 Å². The van der Waals surface area contributed by atoms with Crippen LogP contribution in [0.25, 0.3) is 0 Å². The zero-order valence-electron chi connectivity index (χ0n) is 15.2. The minimum absolute atomic E-state index is 0.0450. The molecule has 2 aromatic carbocycles. The molecule has 142 valence electrons. The van der Waals surface area contributed by atoms with E-state index in [0.717, 1.165) is 11.1 Å². The van der Waals surface area contributed by atoms with Gasteiger partial charge in [0, 0.05) is 39.1 Å². The van der Waals surface area contributed by atoms with Crippen LogP contribution in [0.2, 0.25) is 0 Å². The van der Waals surface area contributed by atoms with Crippen molar-refractivity contribution in [3.63, 3.8) is 0 Å². The minimum Gasteiger partial charge on any atom is -0.339 e. The molecule has 2 aromatic rings. The van der Waals surface area contributed by atoms with Crippen molar-refractivity contribution in [3.8, 4) is 0 Å². The Morgan fingerprint density at radius 1 is 0.889 bits per heavy atom. The number of nitrogens with one attached hydrogen (secondary N) is 1. The SMILES string of the molecule is O=C(CCc1cccc(F)c1)N1CCN(C(=O)NCc2ccccc2)CC1. The van der Waals surface area contributed by atoms with Crippen molar-refractivity contribution in [2.24, 2.45) is 0 Å². The van der Waals surface area contributed by atoms with Crippen molar-refractivity contribution in [2.75, 3.05) is 26.2 Å². The fourth-order valence-electron chi connectivity index (χ4n) is 3.15. The summed E-state index contributed by atoms with van der Waals surface area (Å²) in [5, 5.41) is 2.91. The summed E-state index contributed by atoms with van der Waals surface area (Å²) in [7, 11) is 0. The lowest BCUT2D eigenvalue weighted by Crippen LogP contribution is -2.53. The average Bonchev–Trinajstić information content (AvgIpc) is 2.71. The van der Waals surface area contributed by atoms with Crippen LogP contribution in [0.3, 0.4) is 0 Å². The van der Waals surface area contributed by atoms with Gasteiger partial charge < -0.3 is 15.1 Å². The second-order valence-electron chi connectivity index (χ2n) is 6.64. The molecule has 27 heavy (non-hydrogen) atoms. The number of benzene rings is 2. The van der Waals surface area contributed by atoms with Crippen molar-refractivity contribution < 1.29 is 14.0 Å². The first kappa shape index (κ1) is 18.9. The van der Waals surface area contributed by atoms with Crippen LogP contribution in [0.1, 0.15) is 17.5 Å².